The molecule has 2 heterocycles. The summed E-state index contributed by atoms with van der Waals surface area (Å²) in [4.78, 5) is 14.6. The second-order valence-electron chi connectivity index (χ2n) is 8.14. The lowest BCUT2D eigenvalue weighted by molar-refractivity contribution is 0.0693. The Balaban J connectivity index is 1.87. The molecule has 190 valence electrons. The highest BCUT2D eigenvalue weighted by molar-refractivity contribution is 7.74. The van der Waals surface area contributed by atoms with Crippen molar-refractivity contribution in [2.75, 3.05) is 30.5 Å². The summed E-state index contributed by atoms with van der Waals surface area (Å²) in [6.07, 6.45) is 5.41. The number of aromatic carboxylic acids is 1. The summed E-state index contributed by atoms with van der Waals surface area (Å²) < 4.78 is 51.5. The SMILES string of the molecule is CCN(CC)CC=Cc1cc(F)ccc1N(c1ccc2c(c1C(=O)O)OCCc1occc1-2)[SH](=O)=O. The number of nitrogens with zero attached hydrogens (tertiary/aromatic N) is 2. The number of rotatable bonds is 9. The van der Waals surface area contributed by atoms with E-state index in [4.69, 9.17) is 9.15 Å². The number of anilines is 2. The number of carboxylic acid groups (broad SMARTS) is 1. The number of ether oxygens (including phenoxy) is 1. The van der Waals surface area contributed by atoms with E-state index in [0.717, 1.165) is 23.5 Å². The molecule has 0 unspecified atom stereocenters. The number of benzene rings is 2. The third-order valence-electron chi connectivity index (χ3n) is 6.13. The largest absolute Gasteiger partial charge is 0.491 e. The lowest BCUT2D eigenvalue weighted by Crippen LogP contribution is -2.22. The van der Waals surface area contributed by atoms with Crippen molar-refractivity contribution in [1.29, 1.82) is 0 Å². The number of fused-ring (bicyclic) bond motifs is 3. The third-order valence-corrected chi connectivity index (χ3v) is 6.88. The Bertz CT molecular complexity index is 1370. The highest BCUT2D eigenvalue weighted by Gasteiger charge is 2.30. The van der Waals surface area contributed by atoms with Gasteiger partial charge in [0.05, 0.1) is 24.2 Å². The number of halogens is 1. The van der Waals surface area contributed by atoms with Crippen LogP contribution in [0.1, 0.15) is 35.5 Å². The number of thiol groups is 1. The molecule has 0 atom stereocenters. The van der Waals surface area contributed by atoms with Gasteiger partial charge in [-0.05, 0) is 49.5 Å². The predicted molar refractivity (Wildman–Crippen MR) is 136 cm³/mol. The first-order valence-electron chi connectivity index (χ1n) is 11.6. The van der Waals surface area contributed by atoms with Gasteiger partial charge in [-0.3, -0.25) is 0 Å². The van der Waals surface area contributed by atoms with Gasteiger partial charge in [-0.25, -0.2) is 21.9 Å². The topological polar surface area (TPSA) is 100 Å². The lowest BCUT2D eigenvalue weighted by atomic mass is 9.99. The zero-order valence-electron chi connectivity index (χ0n) is 19.9. The molecule has 0 radical (unpaired) electrons. The minimum absolute atomic E-state index is 0.0581. The van der Waals surface area contributed by atoms with Crippen molar-refractivity contribution in [3.05, 3.63) is 71.4 Å². The zero-order valence-corrected chi connectivity index (χ0v) is 20.8. The summed E-state index contributed by atoms with van der Waals surface area (Å²) in [7, 11) is -3.35. The van der Waals surface area contributed by atoms with Gasteiger partial charge in [-0.15, -0.1) is 0 Å². The number of carboxylic acids is 1. The maximum Gasteiger partial charge on any atom is 0.341 e. The molecule has 2 aromatic carbocycles. The molecule has 0 saturated heterocycles. The first-order valence-corrected chi connectivity index (χ1v) is 12.7. The quantitative estimate of drug-likeness (QED) is 0.398. The van der Waals surface area contributed by atoms with Crippen LogP contribution in [0.4, 0.5) is 15.8 Å². The highest BCUT2D eigenvalue weighted by atomic mass is 32.2. The Morgan fingerprint density at radius 3 is 2.56 bits per heavy atom. The molecule has 0 aliphatic carbocycles. The smallest absolute Gasteiger partial charge is 0.341 e. The standard InChI is InChI=1S/C26H27FN2O6S/c1-3-28(4-2)13-5-6-17-16-18(27)7-9-21(17)29(36(32)33)22-10-8-20-19-11-14-34-23(19)12-15-35-25(20)24(22)26(30)31/h5-11,14,16,36H,3-4,12-13,15H2,1-2H3,(H,30,31). The Morgan fingerprint density at radius 1 is 1.11 bits per heavy atom. The van der Waals surface area contributed by atoms with E-state index < -0.39 is 22.7 Å². The minimum Gasteiger partial charge on any atom is -0.491 e. The van der Waals surface area contributed by atoms with E-state index in [1.807, 2.05) is 19.9 Å². The van der Waals surface area contributed by atoms with E-state index in [2.05, 4.69) is 4.90 Å². The van der Waals surface area contributed by atoms with E-state index in [1.165, 1.54) is 24.5 Å². The van der Waals surface area contributed by atoms with Crippen LogP contribution in [0.2, 0.25) is 0 Å². The molecule has 4 rings (SSSR count). The van der Waals surface area contributed by atoms with Crippen molar-refractivity contribution in [2.45, 2.75) is 20.3 Å². The summed E-state index contributed by atoms with van der Waals surface area (Å²) in [6.45, 7) is 6.45. The van der Waals surface area contributed by atoms with Gasteiger partial charge < -0.3 is 19.2 Å². The fourth-order valence-corrected chi connectivity index (χ4v) is 5.01. The number of hydrogen-bond acceptors (Lipinski definition) is 6. The molecule has 3 aromatic rings. The number of carbonyl (C=O) groups is 1. The average Bonchev–Trinajstić information content (AvgIpc) is 3.24. The van der Waals surface area contributed by atoms with E-state index in [9.17, 15) is 22.7 Å². The molecule has 1 aromatic heterocycles. The van der Waals surface area contributed by atoms with Crippen LogP contribution in [0.15, 0.2) is 53.2 Å². The normalized spacial score (nSPS) is 12.9. The molecule has 1 aliphatic heterocycles. The van der Waals surface area contributed by atoms with Crippen LogP contribution in [-0.2, 0) is 17.3 Å². The second kappa shape index (κ2) is 11.0. The third kappa shape index (κ3) is 5.00. The van der Waals surface area contributed by atoms with Gasteiger partial charge >= 0.3 is 5.97 Å². The summed E-state index contributed by atoms with van der Waals surface area (Å²) in [5.74, 6) is -1.18. The molecule has 10 heteroatoms. The monoisotopic (exact) mass is 514 g/mol. The van der Waals surface area contributed by atoms with Crippen molar-refractivity contribution in [2.24, 2.45) is 0 Å². The van der Waals surface area contributed by atoms with Crippen LogP contribution in [-0.4, -0.2) is 50.6 Å². The zero-order chi connectivity index (χ0) is 25.8. The van der Waals surface area contributed by atoms with Crippen molar-refractivity contribution >= 4 is 34.3 Å². The highest BCUT2D eigenvalue weighted by Crippen LogP contribution is 2.44. The molecule has 0 fully saturated rings. The van der Waals surface area contributed by atoms with E-state index in [1.54, 1.807) is 18.2 Å². The van der Waals surface area contributed by atoms with Gasteiger partial charge in [0.25, 0.3) is 0 Å². The van der Waals surface area contributed by atoms with Gasteiger partial charge in [-0.2, -0.15) is 0 Å². The number of furan rings is 1. The molecule has 0 bridgehead atoms. The number of likely N-dealkylation sites (N-methyl/N-ethyl adjacent to an activating group) is 1. The molecule has 8 nitrogen and oxygen atoms in total. The summed E-state index contributed by atoms with van der Waals surface area (Å²) >= 11 is 0. The molecule has 1 aliphatic rings. The fraction of sp³-hybridized carbons (Fsp3) is 0.269. The van der Waals surface area contributed by atoms with E-state index >= 15 is 0 Å². The maximum atomic E-state index is 14.2. The average molecular weight is 515 g/mol. The van der Waals surface area contributed by atoms with Crippen molar-refractivity contribution in [3.8, 4) is 16.9 Å². The Hall–Kier alpha value is -3.63. The van der Waals surface area contributed by atoms with Crippen LogP contribution in [0.25, 0.3) is 17.2 Å². The second-order valence-corrected chi connectivity index (χ2v) is 9.01. The van der Waals surface area contributed by atoms with Gasteiger partial charge in [0.2, 0.25) is 10.9 Å². The molecular formula is C26H27FN2O6S. The summed E-state index contributed by atoms with van der Waals surface area (Å²) in [6, 6.07) is 8.44. The van der Waals surface area contributed by atoms with Crippen LogP contribution in [0.5, 0.6) is 5.75 Å². The molecule has 0 spiro atoms. The van der Waals surface area contributed by atoms with Gasteiger partial charge in [0.15, 0.2) is 0 Å². The van der Waals surface area contributed by atoms with Gasteiger partial charge in [0, 0.05) is 29.7 Å². The minimum atomic E-state index is -3.35. The van der Waals surface area contributed by atoms with Crippen molar-refractivity contribution < 1.29 is 31.9 Å². The van der Waals surface area contributed by atoms with Crippen LogP contribution in [0.3, 0.4) is 0 Å². The van der Waals surface area contributed by atoms with E-state index in [0.29, 0.717) is 35.4 Å². The van der Waals surface area contributed by atoms with Gasteiger partial charge in [0.1, 0.15) is 22.9 Å². The van der Waals surface area contributed by atoms with Crippen molar-refractivity contribution in [1.82, 2.24) is 4.90 Å². The molecule has 0 amide bonds. The summed E-state index contributed by atoms with van der Waals surface area (Å²) in [5, 5.41) is 10.2. The number of hydrogen-bond donors (Lipinski definition) is 2. The Kier molecular flexibility index (Phi) is 7.76. The van der Waals surface area contributed by atoms with Crippen LogP contribution >= 0.6 is 0 Å². The van der Waals surface area contributed by atoms with Crippen LogP contribution in [0, 0.1) is 5.82 Å². The van der Waals surface area contributed by atoms with Crippen LogP contribution < -0.4 is 9.04 Å². The maximum absolute atomic E-state index is 14.2. The lowest BCUT2D eigenvalue weighted by Gasteiger charge is -2.24. The Labute approximate surface area is 210 Å². The van der Waals surface area contributed by atoms with Crippen molar-refractivity contribution in [3.63, 3.8) is 0 Å². The molecular weight excluding hydrogens is 487 g/mol. The fourth-order valence-electron chi connectivity index (χ4n) is 4.31. The molecule has 0 saturated carbocycles. The summed E-state index contributed by atoms with van der Waals surface area (Å²) in [5.41, 5.74) is 1.21. The molecule has 36 heavy (non-hydrogen) atoms. The molecule has 1 N–H and O–H groups in total. The first kappa shape index (κ1) is 25.5. The Morgan fingerprint density at radius 2 is 1.86 bits per heavy atom. The first-order chi connectivity index (χ1) is 17.3. The van der Waals surface area contributed by atoms with Gasteiger partial charge in [-0.1, -0.05) is 26.0 Å². The van der Waals surface area contributed by atoms with E-state index in [-0.39, 0.29) is 29.3 Å². The predicted octanol–water partition coefficient (Wildman–Crippen LogP) is 4.74.